The molecule has 19 heavy (non-hydrogen) atoms. The molecule has 0 spiro atoms. The van der Waals surface area contributed by atoms with E-state index in [4.69, 9.17) is 5.73 Å². The van der Waals surface area contributed by atoms with Crippen LogP contribution in [-0.4, -0.2) is 20.5 Å². The zero-order valence-corrected chi connectivity index (χ0v) is 12.0. The normalized spacial score (nSPS) is 18.5. The van der Waals surface area contributed by atoms with Gasteiger partial charge in [-0.1, -0.05) is 19.3 Å². The highest BCUT2D eigenvalue weighted by Gasteiger charge is 2.16. The van der Waals surface area contributed by atoms with Gasteiger partial charge < -0.3 is 5.73 Å². The monoisotopic (exact) mass is 280 g/mol. The van der Waals surface area contributed by atoms with Gasteiger partial charge in [0.2, 0.25) is 0 Å². The lowest BCUT2D eigenvalue weighted by Gasteiger charge is -2.20. The van der Waals surface area contributed by atoms with Crippen LogP contribution in [0.5, 0.6) is 0 Å². The number of benzene rings is 1. The molecule has 0 unspecified atom stereocenters. The van der Waals surface area contributed by atoms with Crippen molar-refractivity contribution in [3.05, 3.63) is 24.3 Å². The second-order valence-corrected chi connectivity index (χ2v) is 7.15. The van der Waals surface area contributed by atoms with E-state index in [0.29, 0.717) is 16.6 Å². The van der Waals surface area contributed by atoms with Gasteiger partial charge in [-0.3, -0.25) is 0 Å². The van der Waals surface area contributed by atoms with Crippen molar-refractivity contribution in [2.24, 2.45) is 16.6 Å². The molecule has 104 valence electrons. The van der Waals surface area contributed by atoms with Crippen molar-refractivity contribution in [1.82, 2.24) is 0 Å². The molecule has 4 nitrogen and oxygen atoms in total. The Hall–Kier alpha value is -1.36. The summed E-state index contributed by atoms with van der Waals surface area (Å²) in [6.45, 7) is 0. The zero-order valence-electron chi connectivity index (χ0n) is 11.2. The van der Waals surface area contributed by atoms with E-state index in [-0.39, 0.29) is 0 Å². The van der Waals surface area contributed by atoms with Crippen LogP contribution < -0.4 is 5.73 Å². The van der Waals surface area contributed by atoms with Crippen LogP contribution in [0, 0.1) is 5.92 Å². The van der Waals surface area contributed by atoms with E-state index in [1.54, 1.807) is 24.3 Å². The van der Waals surface area contributed by atoms with Crippen molar-refractivity contribution in [3.63, 3.8) is 0 Å². The summed E-state index contributed by atoms with van der Waals surface area (Å²) in [5.74, 6) is 1.05. The summed E-state index contributed by atoms with van der Waals surface area (Å²) in [6, 6.07) is 6.54. The number of nitrogens with zero attached hydrogens (tertiary/aromatic N) is 1. The molecular weight excluding hydrogens is 260 g/mol. The first-order valence-electron chi connectivity index (χ1n) is 6.61. The Kier molecular flexibility index (Phi) is 4.24. The van der Waals surface area contributed by atoms with Gasteiger partial charge in [0.15, 0.2) is 9.84 Å². The minimum absolute atomic E-state index is 0.308. The topological polar surface area (TPSA) is 72.5 Å². The Morgan fingerprint density at radius 2 is 1.74 bits per heavy atom. The maximum atomic E-state index is 11.4. The fourth-order valence-corrected chi connectivity index (χ4v) is 3.04. The molecule has 2 rings (SSSR count). The highest BCUT2D eigenvalue weighted by Crippen LogP contribution is 2.25. The summed E-state index contributed by atoms with van der Waals surface area (Å²) < 4.78 is 22.7. The molecule has 2 N–H and O–H groups in total. The van der Waals surface area contributed by atoms with Gasteiger partial charge in [0.25, 0.3) is 0 Å². The van der Waals surface area contributed by atoms with Gasteiger partial charge in [0.05, 0.1) is 10.6 Å². The largest absolute Gasteiger partial charge is 0.387 e. The van der Waals surface area contributed by atoms with Crippen LogP contribution in [0.2, 0.25) is 0 Å². The first-order valence-corrected chi connectivity index (χ1v) is 8.50. The molecule has 5 heteroatoms. The SMILES string of the molecule is CS(=O)(=O)c1ccc(N=C(N)C2CCCCC2)cc1. The molecule has 0 atom stereocenters. The van der Waals surface area contributed by atoms with Crippen molar-refractivity contribution < 1.29 is 8.42 Å². The zero-order chi connectivity index (χ0) is 13.9. The van der Waals surface area contributed by atoms with E-state index < -0.39 is 9.84 Å². The van der Waals surface area contributed by atoms with E-state index >= 15 is 0 Å². The van der Waals surface area contributed by atoms with Crippen molar-refractivity contribution in [3.8, 4) is 0 Å². The molecule has 0 bridgehead atoms. The Bertz CT molecular complexity index is 556. The molecule has 0 aliphatic heterocycles. The van der Waals surface area contributed by atoms with Gasteiger partial charge in [-0.25, -0.2) is 13.4 Å². The highest BCUT2D eigenvalue weighted by molar-refractivity contribution is 7.90. The van der Waals surface area contributed by atoms with E-state index in [2.05, 4.69) is 4.99 Å². The molecular formula is C14H20N2O2S. The number of nitrogens with two attached hydrogens (primary N) is 1. The van der Waals surface area contributed by atoms with Gasteiger partial charge in [-0.05, 0) is 37.1 Å². The number of hydrogen-bond donors (Lipinski definition) is 1. The molecule has 1 fully saturated rings. The molecule has 1 saturated carbocycles. The van der Waals surface area contributed by atoms with Gasteiger partial charge in [0.1, 0.15) is 5.84 Å². The molecule has 0 saturated heterocycles. The van der Waals surface area contributed by atoms with Crippen LogP contribution in [0.4, 0.5) is 5.69 Å². The van der Waals surface area contributed by atoms with Gasteiger partial charge in [-0.15, -0.1) is 0 Å². The maximum absolute atomic E-state index is 11.4. The van der Waals surface area contributed by atoms with Crippen molar-refractivity contribution >= 4 is 21.4 Å². The predicted octanol–water partition coefficient (Wildman–Crippen LogP) is 2.66. The number of hydrogen-bond acceptors (Lipinski definition) is 3. The standard InChI is InChI=1S/C14H20N2O2S/c1-19(17,18)13-9-7-12(8-10-13)16-14(15)11-5-3-2-4-6-11/h7-11H,2-6H2,1H3,(H2,15,16). The second kappa shape index (κ2) is 5.74. The highest BCUT2D eigenvalue weighted by atomic mass is 32.2. The molecule has 0 amide bonds. The fraction of sp³-hybridized carbons (Fsp3) is 0.500. The summed E-state index contributed by atoms with van der Waals surface area (Å²) in [6.07, 6.45) is 7.13. The van der Waals surface area contributed by atoms with Crippen LogP contribution in [-0.2, 0) is 9.84 Å². The second-order valence-electron chi connectivity index (χ2n) is 5.14. The average Bonchev–Trinajstić information content (AvgIpc) is 2.39. The minimum Gasteiger partial charge on any atom is -0.387 e. The maximum Gasteiger partial charge on any atom is 0.175 e. The first kappa shape index (κ1) is 14.1. The average molecular weight is 280 g/mol. The Balaban J connectivity index is 2.14. The van der Waals surface area contributed by atoms with E-state index in [1.165, 1.54) is 25.5 Å². The summed E-state index contributed by atoms with van der Waals surface area (Å²) in [5, 5.41) is 0. The number of rotatable bonds is 3. The van der Waals surface area contributed by atoms with Gasteiger partial charge in [-0.2, -0.15) is 0 Å². The third kappa shape index (κ3) is 3.80. The summed E-state index contributed by atoms with van der Waals surface area (Å²) in [5.41, 5.74) is 6.75. The number of amidine groups is 1. The van der Waals surface area contributed by atoms with Crippen LogP contribution in [0.15, 0.2) is 34.2 Å². The van der Waals surface area contributed by atoms with Gasteiger partial charge in [0, 0.05) is 12.2 Å². The van der Waals surface area contributed by atoms with Crippen LogP contribution in [0.25, 0.3) is 0 Å². The molecule has 0 radical (unpaired) electrons. The summed E-state index contributed by atoms with van der Waals surface area (Å²) in [4.78, 5) is 4.71. The molecule has 1 aromatic carbocycles. The lowest BCUT2D eigenvalue weighted by Crippen LogP contribution is -2.25. The fourth-order valence-electron chi connectivity index (χ4n) is 2.41. The molecule has 0 aromatic heterocycles. The summed E-state index contributed by atoms with van der Waals surface area (Å²) >= 11 is 0. The Labute approximate surface area is 114 Å². The summed E-state index contributed by atoms with van der Waals surface area (Å²) in [7, 11) is -3.15. The molecule has 0 heterocycles. The smallest absolute Gasteiger partial charge is 0.175 e. The van der Waals surface area contributed by atoms with E-state index in [0.717, 1.165) is 18.5 Å². The molecule has 1 aliphatic carbocycles. The quantitative estimate of drug-likeness (QED) is 0.683. The Morgan fingerprint density at radius 1 is 1.16 bits per heavy atom. The van der Waals surface area contributed by atoms with Crippen molar-refractivity contribution in [1.29, 1.82) is 0 Å². The van der Waals surface area contributed by atoms with E-state index in [9.17, 15) is 8.42 Å². The lowest BCUT2D eigenvalue weighted by atomic mass is 9.88. The van der Waals surface area contributed by atoms with Crippen molar-refractivity contribution in [2.75, 3.05) is 6.26 Å². The van der Waals surface area contributed by atoms with Crippen LogP contribution >= 0.6 is 0 Å². The predicted molar refractivity (Wildman–Crippen MR) is 77.4 cm³/mol. The third-order valence-corrected chi connectivity index (χ3v) is 4.67. The molecule has 1 aromatic rings. The van der Waals surface area contributed by atoms with Gasteiger partial charge >= 0.3 is 0 Å². The van der Waals surface area contributed by atoms with Crippen LogP contribution in [0.3, 0.4) is 0 Å². The number of aliphatic imine (C=N–C) groups is 1. The third-order valence-electron chi connectivity index (χ3n) is 3.55. The van der Waals surface area contributed by atoms with E-state index in [1.807, 2.05) is 0 Å². The van der Waals surface area contributed by atoms with Crippen molar-refractivity contribution in [2.45, 2.75) is 37.0 Å². The lowest BCUT2D eigenvalue weighted by molar-refractivity contribution is 0.437. The number of sulfone groups is 1. The molecule has 1 aliphatic rings. The van der Waals surface area contributed by atoms with Crippen LogP contribution in [0.1, 0.15) is 32.1 Å². The minimum atomic E-state index is -3.15. The first-order chi connectivity index (χ1) is 8.97. The Morgan fingerprint density at radius 3 is 2.26 bits per heavy atom.